The Bertz CT molecular complexity index is 1130. The zero-order valence-corrected chi connectivity index (χ0v) is 20.6. The highest BCUT2D eigenvalue weighted by Gasteiger charge is 2.24. The van der Waals surface area contributed by atoms with Crippen LogP contribution < -0.4 is 14.4 Å². The van der Waals surface area contributed by atoms with Crippen LogP contribution in [0.1, 0.15) is 31.7 Å². The highest BCUT2D eigenvalue weighted by molar-refractivity contribution is 5.92. The van der Waals surface area contributed by atoms with Gasteiger partial charge in [0, 0.05) is 50.5 Å². The van der Waals surface area contributed by atoms with Gasteiger partial charge in [0.15, 0.2) is 11.5 Å². The van der Waals surface area contributed by atoms with E-state index in [0.717, 1.165) is 48.5 Å². The normalized spacial score (nSPS) is 14.0. The largest absolute Gasteiger partial charge is 0.493 e. The lowest BCUT2D eigenvalue weighted by Gasteiger charge is -2.36. The molecule has 7 heteroatoms. The van der Waals surface area contributed by atoms with Gasteiger partial charge in [0.1, 0.15) is 11.6 Å². The molecule has 0 spiro atoms. The van der Waals surface area contributed by atoms with Gasteiger partial charge in [-0.05, 0) is 24.0 Å². The van der Waals surface area contributed by atoms with Crippen LogP contribution in [0.15, 0.2) is 42.5 Å². The van der Waals surface area contributed by atoms with Crippen LogP contribution in [0.5, 0.6) is 11.5 Å². The summed E-state index contributed by atoms with van der Waals surface area (Å²) in [6.07, 6.45) is 2.11. The second-order valence-electron chi connectivity index (χ2n) is 9.14. The first kappa shape index (κ1) is 23.8. The predicted octanol–water partition coefficient (Wildman–Crippen LogP) is 4.13. The van der Waals surface area contributed by atoms with Crippen LogP contribution >= 0.6 is 0 Å². The number of hydrogen-bond acceptors (Lipinski definition) is 6. The number of ether oxygens (including phenoxy) is 2. The van der Waals surface area contributed by atoms with E-state index in [1.54, 1.807) is 14.2 Å². The highest BCUT2D eigenvalue weighted by atomic mass is 16.5. The van der Waals surface area contributed by atoms with Gasteiger partial charge in [0.05, 0.1) is 19.7 Å². The number of carbonyl (C=O) groups is 1. The molecule has 2 aromatic carbocycles. The maximum Gasteiger partial charge on any atom is 0.223 e. The zero-order chi connectivity index (χ0) is 24.1. The number of rotatable bonds is 8. The van der Waals surface area contributed by atoms with Gasteiger partial charge in [-0.15, -0.1) is 0 Å². The van der Waals surface area contributed by atoms with Crippen molar-refractivity contribution in [1.29, 1.82) is 0 Å². The summed E-state index contributed by atoms with van der Waals surface area (Å²) in [7, 11) is 3.27. The number of piperazine rings is 1. The number of fused-ring (bicyclic) bond motifs is 1. The molecular formula is C27H34N4O3. The molecule has 0 bridgehead atoms. The van der Waals surface area contributed by atoms with Crippen LogP contribution in [0.4, 0.5) is 5.82 Å². The van der Waals surface area contributed by atoms with Crippen LogP contribution in [0.3, 0.4) is 0 Å². The van der Waals surface area contributed by atoms with Crippen molar-refractivity contribution in [3.8, 4) is 11.5 Å². The first-order valence-electron chi connectivity index (χ1n) is 12.0. The lowest BCUT2D eigenvalue weighted by atomic mass is 10.1. The number of anilines is 1. The quantitative estimate of drug-likeness (QED) is 0.502. The average Bonchev–Trinajstić information content (AvgIpc) is 2.86. The fraction of sp³-hybridized carbons (Fsp3) is 0.444. The van der Waals surface area contributed by atoms with Gasteiger partial charge >= 0.3 is 0 Å². The number of amides is 1. The number of methoxy groups -OCH3 is 2. The fourth-order valence-electron chi connectivity index (χ4n) is 4.41. The molecule has 180 valence electrons. The second kappa shape index (κ2) is 10.7. The van der Waals surface area contributed by atoms with E-state index in [2.05, 4.69) is 30.9 Å². The van der Waals surface area contributed by atoms with Crippen LogP contribution in [0.2, 0.25) is 0 Å². The summed E-state index contributed by atoms with van der Waals surface area (Å²) in [5, 5.41) is 0.939. The number of aromatic nitrogens is 2. The SMILES string of the molecule is COc1cc2nc(CC(C)C)nc(N3CCN(C(=O)CCc4ccccc4)CC3)c2cc1OC. The van der Waals surface area contributed by atoms with Crippen molar-refractivity contribution >= 4 is 22.6 Å². The highest BCUT2D eigenvalue weighted by Crippen LogP contribution is 2.35. The van der Waals surface area contributed by atoms with Crippen molar-refractivity contribution in [3.63, 3.8) is 0 Å². The summed E-state index contributed by atoms with van der Waals surface area (Å²) < 4.78 is 11.0. The van der Waals surface area contributed by atoms with E-state index in [4.69, 9.17) is 19.4 Å². The lowest BCUT2D eigenvalue weighted by molar-refractivity contribution is -0.131. The second-order valence-corrected chi connectivity index (χ2v) is 9.14. The van der Waals surface area contributed by atoms with Gasteiger partial charge in [-0.25, -0.2) is 9.97 Å². The topological polar surface area (TPSA) is 67.8 Å². The molecule has 7 nitrogen and oxygen atoms in total. The molecule has 0 atom stereocenters. The molecule has 0 unspecified atom stereocenters. The summed E-state index contributed by atoms with van der Waals surface area (Å²) >= 11 is 0. The molecule has 3 aromatic rings. The molecule has 1 saturated heterocycles. The van der Waals surface area contributed by atoms with E-state index in [9.17, 15) is 4.79 Å². The van der Waals surface area contributed by atoms with Gasteiger partial charge in [-0.2, -0.15) is 0 Å². The summed E-state index contributed by atoms with van der Waals surface area (Å²) in [5.41, 5.74) is 2.05. The van der Waals surface area contributed by atoms with Crippen molar-refractivity contribution in [2.45, 2.75) is 33.1 Å². The Hall–Kier alpha value is -3.35. The lowest BCUT2D eigenvalue weighted by Crippen LogP contribution is -2.49. The molecule has 0 aliphatic carbocycles. The third kappa shape index (κ3) is 5.41. The van der Waals surface area contributed by atoms with Gasteiger partial charge in [-0.3, -0.25) is 4.79 Å². The maximum absolute atomic E-state index is 12.8. The molecular weight excluding hydrogens is 428 g/mol. The molecule has 1 amide bonds. The van der Waals surface area contributed by atoms with E-state index in [1.807, 2.05) is 35.2 Å². The van der Waals surface area contributed by atoms with Crippen molar-refractivity contribution in [2.75, 3.05) is 45.3 Å². The van der Waals surface area contributed by atoms with E-state index in [1.165, 1.54) is 5.56 Å². The van der Waals surface area contributed by atoms with Crippen LogP contribution in [0, 0.1) is 5.92 Å². The van der Waals surface area contributed by atoms with Crippen LogP contribution in [-0.2, 0) is 17.6 Å². The third-order valence-corrected chi connectivity index (χ3v) is 6.22. The number of nitrogens with zero attached hydrogens (tertiary/aromatic N) is 4. The van der Waals surface area contributed by atoms with Crippen LogP contribution in [-0.4, -0.2) is 61.2 Å². The minimum atomic E-state index is 0.211. The molecule has 4 rings (SSSR count). The Morgan fingerprint density at radius 3 is 2.29 bits per heavy atom. The monoisotopic (exact) mass is 462 g/mol. The van der Waals surface area contributed by atoms with Gasteiger partial charge in [0.2, 0.25) is 5.91 Å². The Labute approximate surface area is 201 Å². The summed E-state index contributed by atoms with van der Waals surface area (Å²) in [6, 6.07) is 14.1. The molecule has 1 aliphatic heterocycles. The molecule has 1 aliphatic rings. The first-order valence-corrected chi connectivity index (χ1v) is 12.0. The van der Waals surface area contributed by atoms with Gasteiger partial charge < -0.3 is 19.3 Å². The van der Waals surface area contributed by atoms with Gasteiger partial charge in [0.25, 0.3) is 0 Å². The molecule has 0 saturated carbocycles. The molecule has 2 heterocycles. The maximum atomic E-state index is 12.8. The summed E-state index contributed by atoms with van der Waals surface area (Å²) in [5.74, 6) is 3.70. The first-order chi connectivity index (χ1) is 16.5. The minimum absolute atomic E-state index is 0.211. The predicted molar refractivity (Wildman–Crippen MR) is 135 cm³/mol. The number of carbonyl (C=O) groups excluding carboxylic acids is 1. The summed E-state index contributed by atoms with van der Waals surface area (Å²) in [4.78, 5) is 26.8. The smallest absolute Gasteiger partial charge is 0.223 e. The van der Waals surface area contributed by atoms with Crippen molar-refractivity contribution in [3.05, 3.63) is 53.9 Å². The van der Waals surface area contributed by atoms with Crippen molar-refractivity contribution in [2.24, 2.45) is 5.92 Å². The number of aryl methyl sites for hydroxylation is 1. The van der Waals surface area contributed by atoms with Crippen LogP contribution in [0.25, 0.3) is 10.9 Å². The van der Waals surface area contributed by atoms with Crippen molar-refractivity contribution < 1.29 is 14.3 Å². The van der Waals surface area contributed by atoms with E-state index in [0.29, 0.717) is 36.9 Å². The van der Waals surface area contributed by atoms with Gasteiger partial charge in [-0.1, -0.05) is 44.2 Å². The average molecular weight is 463 g/mol. The Morgan fingerprint density at radius 2 is 1.65 bits per heavy atom. The number of benzene rings is 2. The molecule has 0 N–H and O–H groups in total. The van der Waals surface area contributed by atoms with E-state index < -0.39 is 0 Å². The molecule has 1 aromatic heterocycles. The molecule has 34 heavy (non-hydrogen) atoms. The number of hydrogen-bond donors (Lipinski definition) is 0. The minimum Gasteiger partial charge on any atom is -0.493 e. The molecule has 0 radical (unpaired) electrons. The third-order valence-electron chi connectivity index (χ3n) is 6.22. The Morgan fingerprint density at radius 1 is 0.971 bits per heavy atom. The Kier molecular flexibility index (Phi) is 7.50. The Balaban J connectivity index is 1.53. The van der Waals surface area contributed by atoms with E-state index in [-0.39, 0.29) is 5.91 Å². The summed E-state index contributed by atoms with van der Waals surface area (Å²) in [6.45, 7) is 7.18. The fourth-order valence-corrected chi connectivity index (χ4v) is 4.41. The molecule has 1 fully saturated rings. The zero-order valence-electron chi connectivity index (χ0n) is 20.6. The van der Waals surface area contributed by atoms with E-state index >= 15 is 0 Å². The van der Waals surface area contributed by atoms with Crippen molar-refractivity contribution in [1.82, 2.24) is 14.9 Å². The standard InChI is InChI=1S/C27H34N4O3/c1-19(2)16-25-28-22-18-24(34-4)23(33-3)17-21(22)27(29-25)31-14-12-30(13-15-31)26(32)11-10-20-8-6-5-7-9-20/h5-9,17-19H,10-16H2,1-4H3.